The summed E-state index contributed by atoms with van der Waals surface area (Å²) in [5.74, 6) is 1.07. The highest BCUT2D eigenvalue weighted by atomic mass is 16.3. The van der Waals surface area contributed by atoms with E-state index in [4.69, 9.17) is 4.42 Å². The van der Waals surface area contributed by atoms with Gasteiger partial charge < -0.3 is 14.6 Å². The van der Waals surface area contributed by atoms with Gasteiger partial charge in [0.25, 0.3) is 0 Å². The van der Waals surface area contributed by atoms with E-state index >= 15 is 0 Å². The van der Waals surface area contributed by atoms with Crippen LogP contribution in [0.1, 0.15) is 5.76 Å². The van der Waals surface area contributed by atoms with Gasteiger partial charge in [-0.3, -0.25) is 4.90 Å². The van der Waals surface area contributed by atoms with Crippen molar-refractivity contribution < 1.29 is 4.42 Å². The molecule has 1 aromatic heterocycles. The zero-order valence-electron chi connectivity index (χ0n) is 10.7. The van der Waals surface area contributed by atoms with Crippen molar-refractivity contribution in [3.05, 3.63) is 24.2 Å². The van der Waals surface area contributed by atoms with Gasteiger partial charge in [-0.05, 0) is 19.2 Å². The minimum Gasteiger partial charge on any atom is -0.469 e. The highest BCUT2D eigenvalue weighted by molar-refractivity contribution is 4.98. The molecule has 17 heavy (non-hydrogen) atoms. The van der Waals surface area contributed by atoms with Crippen LogP contribution in [0.15, 0.2) is 22.8 Å². The first kappa shape index (κ1) is 12.6. The molecule has 1 N–H and O–H groups in total. The highest BCUT2D eigenvalue weighted by Crippen LogP contribution is 2.00. The van der Waals surface area contributed by atoms with Crippen molar-refractivity contribution in [2.45, 2.75) is 6.42 Å². The smallest absolute Gasteiger partial charge is 0.105 e. The van der Waals surface area contributed by atoms with Crippen LogP contribution in [0.2, 0.25) is 0 Å². The number of hydrogen-bond acceptors (Lipinski definition) is 4. The Morgan fingerprint density at radius 2 is 2.06 bits per heavy atom. The van der Waals surface area contributed by atoms with Gasteiger partial charge >= 0.3 is 0 Å². The van der Waals surface area contributed by atoms with Crippen LogP contribution in [0.4, 0.5) is 0 Å². The van der Waals surface area contributed by atoms with Crippen molar-refractivity contribution in [2.75, 3.05) is 52.9 Å². The Morgan fingerprint density at radius 1 is 1.24 bits per heavy atom. The molecule has 0 spiro atoms. The molecule has 1 fully saturated rings. The molecule has 1 saturated heterocycles. The summed E-state index contributed by atoms with van der Waals surface area (Å²) in [6.07, 6.45) is 2.72. The van der Waals surface area contributed by atoms with Crippen LogP contribution in [0.3, 0.4) is 0 Å². The maximum Gasteiger partial charge on any atom is 0.105 e. The lowest BCUT2D eigenvalue weighted by Gasteiger charge is -2.32. The maximum atomic E-state index is 5.29. The Labute approximate surface area is 104 Å². The van der Waals surface area contributed by atoms with Gasteiger partial charge in [-0.25, -0.2) is 0 Å². The Kier molecular flexibility index (Phi) is 5.04. The van der Waals surface area contributed by atoms with Gasteiger partial charge in [0.2, 0.25) is 0 Å². The van der Waals surface area contributed by atoms with E-state index in [2.05, 4.69) is 22.2 Å². The Morgan fingerprint density at radius 3 is 2.76 bits per heavy atom. The number of furan rings is 1. The number of hydrogen-bond donors (Lipinski definition) is 1. The molecule has 0 atom stereocenters. The first-order chi connectivity index (χ1) is 8.34. The van der Waals surface area contributed by atoms with Crippen molar-refractivity contribution in [1.29, 1.82) is 0 Å². The number of piperazine rings is 1. The van der Waals surface area contributed by atoms with Gasteiger partial charge in [0.05, 0.1) is 6.26 Å². The predicted octanol–water partition coefficient (Wildman–Crippen LogP) is 0.659. The van der Waals surface area contributed by atoms with Gasteiger partial charge in [0.15, 0.2) is 0 Å². The molecule has 2 heterocycles. The van der Waals surface area contributed by atoms with Gasteiger partial charge in [-0.1, -0.05) is 0 Å². The molecule has 1 aliphatic rings. The fraction of sp³-hybridized carbons (Fsp3) is 0.692. The molecule has 1 aliphatic heterocycles. The first-order valence-corrected chi connectivity index (χ1v) is 6.48. The summed E-state index contributed by atoms with van der Waals surface area (Å²) in [7, 11) is 2.19. The van der Waals surface area contributed by atoms with E-state index in [1.165, 1.54) is 26.2 Å². The Hall–Kier alpha value is -0.840. The van der Waals surface area contributed by atoms with Gasteiger partial charge in [-0.2, -0.15) is 0 Å². The molecule has 0 bridgehead atoms. The SMILES string of the molecule is CN1CCN(CCNCCc2ccco2)CC1. The molecule has 4 nitrogen and oxygen atoms in total. The topological polar surface area (TPSA) is 31.6 Å². The van der Waals surface area contributed by atoms with Crippen LogP contribution < -0.4 is 5.32 Å². The summed E-state index contributed by atoms with van der Waals surface area (Å²) in [5.41, 5.74) is 0. The summed E-state index contributed by atoms with van der Waals surface area (Å²) in [5, 5.41) is 3.47. The fourth-order valence-electron chi connectivity index (χ4n) is 2.10. The third kappa shape index (κ3) is 4.50. The molecule has 4 heteroatoms. The van der Waals surface area contributed by atoms with Crippen molar-refractivity contribution in [1.82, 2.24) is 15.1 Å². The first-order valence-electron chi connectivity index (χ1n) is 6.48. The van der Waals surface area contributed by atoms with Gasteiger partial charge in [0.1, 0.15) is 5.76 Å². The fourth-order valence-corrected chi connectivity index (χ4v) is 2.10. The number of nitrogens with one attached hydrogen (secondary N) is 1. The third-order valence-corrected chi connectivity index (χ3v) is 3.33. The molecule has 2 rings (SSSR count). The van der Waals surface area contributed by atoms with Crippen LogP contribution in [0.5, 0.6) is 0 Å². The number of rotatable bonds is 6. The molecule has 1 aromatic rings. The highest BCUT2D eigenvalue weighted by Gasteiger charge is 2.12. The van der Waals surface area contributed by atoms with E-state index in [0.29, 0.717) is 0 Å². The summed E-state index contributed by atoms with van der Waals surface area (Å²) in [6, 6.07) is 3.97. The molecule has 0 amide bonds. The molecular weight excluding hydrogens is 214 g/mol. The summed E-state index contributed by atoms with van der Waals surface area (Å²) < 4.78 is 5.29. The Balaban J connectivity index is 1.49. The van der Waals surface area contributed by atoms with E-state index in [0.717, 1.165) is 31.8 Å². The summed E-state index contributed by atoms with van der Waals surface area (Å²) in [6.45, 7) is 8.04. The van der Waals surface area contributed by atoms with Crippen molar-refractivity contribution in [3.8, 4) is 0 Å². The third-order valence-electron chi connectivity index (χ3n) is 3.33. The molecule has 0 aromatic carbocycles. The van der Waals surface area contributed by atoms with Crippen LogP contribution in [-0.4, -0.2) is 62.7 Å². The average Bonchev–Trinajstić information content (AvgIpc) is 2.84. The zero-order valence-corrected chi connectivity index (χ0v) is 10.7. The van der Waals surface area contributed by atoms with E-state index in [1.54, 1.807) is 6.26 Å². The van der Waals surface area contributed by atoms with Crippen molar-refractivity contribution in [2.24, 2.45) is 0 Å². The van der Waals surface area contributed by atoms with Gasteiger partial charge in [0, 0.05) is 52.2 Å². The monoisotopic (exact) mass is 237 g/mol. The van der Waals surface area contributed by atoms with Crippen LogP contribution in [0, 0.1) is 0 Å². The predicted molar refractivity (Wildman–Crippen MR) is 69.2 cm³/mol. The largest absolute Gasteiger partial charge is 0.469 e. The number of likely N-dealkylation sites (N-methyl/N-ethyl adjacent to an activating group) is 1. The minimum absolute atomic E-state index is 0.982. The van der Waals surface area contributed by atoms with Crippen LogP contribution in [-0.2, 0) is 6.42 Å². The molecule has 0 saturated carbocycles. The maximum absolute atomic E-state index is 5.29. The van der Waals surface area contributed by atoms with E-state index in [9.17, 15) is 0 Å². The van der Waals surface area contributed by atoms with Crippen molar-refractivity contribution in [3.63, 3.8) is 0 Å². The normalized spacial score (nSPS) is 18.6. The zero-order chi connectivity index (χ0) is 11.9. The Bertz CT molecular complexity index is 292. The second-order valence-electron chi connectivity index (χ2n) is 4.72. The average molecular weight is 237 g/mol. The van der Waals surface area contributed by atoms with Crippen LogP contribution >= 0.6 is 0 Å². The molecule has 0 aliphatic carbocycles. The van der Waals surface area contributed by atoms with Crippen molar-refractivity contribution >= 4 is 0 Å². The molecular formula is C13H23N3O. The summed E-state index contributed by atoms with van der Waals surface area (Å²) in [4.78, 5) is 4.92. The quantitative estimate of drug-likeness (QED) is 0.737. The van der Waals surface area contributed by atoms with Gasteiger partial charge in [-0.15, -0.1) is 0 Å². The molecule has 0 unspecified atom stereocenters. The minimum atomic E-state index is 0.982. The lowest BCUT2D eigenvalue weighted by Crippen LogP contribution is -2.46. The lowest BCUT2D eigenvalue weighted by molar-refractivity contribution is 0.155. The van der Waals surface area contributed by atoms with E-state index in [-0.39, 0.29) is 0 Å². The number of nitrogens with zero attached hydrogens (tertiary/aromatic N) is 2. The van der Waals surface area contributed by atoms with E-state index < -0.39 is 0 Å². The standard InChI is InChI=1S/C13H23N3O/c1-15-8-10-16(11-9-15)7-6-14-5-4-13-3-2-12-17-13/h2-3,12,14H,4-11H2,1H3. The molecule has 0 radical (unpaired) electrons. The second-order valence-corrected chi connectivity index (χ2v) is 4.72. The summed E-state index contributed by atoms with van der Waals surface area (Å²) >= 11 is 0. The van der Waals surface area contributed by atoms with E-state index in [1.807, 2.05) is 12.1 Å². The lowest BCUT2D eigenvalue weighted by atomic mass is 10.3. The second kappa shape index (κ2) is 6.79. The molecule has 96 valence electrons. The van der Waals surface area contributed by atoms with Crippen LogP contribution in [0.25, 0.3) is 0 Å².